The number of ether oxygens (including phenoxy) is 1. The molecule has 0 aliphatic heterocycles. The summed E-state index contributed by atoms with van der Waals surface area (Å²) in [6, 6.07) is 8.41. The zero-order valence-corrected chi connectivity index (χ0v) is 13.3. The summed E-state index contributed by atoms with van der Waals surface area (Å²) >= 11 is 0. The zero-order valence-electron chi connectivity index (χ0n) is 13.3. The van der Waals surface area contributed by atoms with Crippen LogP contribution in [0.5, 0.6) is 5.75 Å². The van der Waals surface area contributed by atoms with Crippen molar-refractivity contribution in [1.29, 1.82) is 0 Å². The molecule has 0 amide bonds. The van der Waals surface area contributed by atoms with Gasteiger partial charge in [0.05, 0.1) is 12.1 Å². The summed E-state index contributed by atoms with van der Waals surface area (Å²) in [5.74, 6) is 1.10. The van der Waals surface area contributed by atoms with Crippen LogP contribution < -0.4 is 10.1 Å². The normalized spacial score (nSPS) is 12.8. The summed E-state index contributed by atoms with van der Waals surface area (Å²) in [5.41, 5.74) is 1.23. The Kier molecular flexibility index (Phi) is 6.73. The van der Waals surface area contributed by atoms with E-state index in [4.69, 9.17) is 4.74 Å². The molecule has 0 saturated heterocycles. The first-order valence-electron chi connectivity index (χ1n) is 7.40. The molecule has 20 heavy (non-hydrogen) atoms. The largest absolute Gasteiger partial charge is 0.491 e. The average Bonchev–Trinajstić information content (AvgIpc) is 2.34. The van der Waals surface area contributed by atoms with Crippen molar-refractivity contribution < 1.29 is 9.53 Å². The minimum atomic E-state index is -0.0541. The maximum absolute atomic E-state index is 11.6. The maximum Gasteiger partial charge on any atom is 0.146 e. The molecule has 1 N–H and O–H groups in total. The molecule has 0 spiro atoms. The standard InChI is InChI=1S/C17H27NO2/c1-12(2)18-17(14(5)19)11-8-15-6-9-16(10-7-15)20-13(3)4/h6-7,9-10,12-13,17-18H,8,11H2,1-5H3/t17-/m0/s1. The lowest BCUT2D eigenvalue weighted by Crippen LogP contribution is -2.40. The summed E-state index contributed by atoms with van der Waals surface area (Å²) < 4.78 is 5.62. The van der Waals surface area contributed by atoms with Crippen molar-refractivity contribution in [3.63, 3.8) is 0 Å². The van der Waals surface area contributed by atoms with E-state index in [1.165, 1.54) is 5.56 Å². The van der Waals surface area contributed by atoms with Gasteiger partial charge in [-0.15, -0.1) is 0 Å². The molecule has 0 aliphatic rings. The van der Waals surface area contributed by atoms with Gasteiger partial charge >= 0.3 is 0 Å². The topological polar surface area (TPSA) is 38.3 Å². The smallest absolute Gasteiger partial charge is 0.146 e. The molecule has 0 aromatic heterocycles. The molecule has 0 heterocycles. The van der Waals surface area contributed by atoms with Crippen molar-refractivity contribution in [2.24, 2.45) is 0 Å². The van der Waals surface area contributed by atoms with Crippen LogP contribution in [0.1, 0.15) is 46.6 Å². The highest BCUT2D eigenvalue weighted by atomic mass is 16.5. The Morgan fingerprint density at radius 1 is 1.15 bits per heavy atom. The number of Topliss-reactive ketones (excluding diaryl/α,β-unsaturated/α-hetero) is 1. The van der Waals surface area contributed by atoms with E-state index in [0.717, 1.165) is 18.6 Å². The fraction of sp³-hybridized carbons (Fsp3) is 0.588. The third kappa shape index (κ3) is 6.20. The van der Waals surface area contributed by atoms with E-state index in [1.807, 2.05) is 26.0 Å². The Balaban J connectivity index is 2.53. The highest BCUT2D eigenvalue weighted by molar-refractivity contribution is 5.81. The number of aryl methyl sites for hydroxylation is 1. The van der Waals surface area contributed by atoms with Crippen molar-refractivity contribution in [2.75, 3.05) is 0 Å². The van der Waals surface area contributed by atoms with E-state index < -0.39 is 0 Å². The van der Waals surface area contributed by atoms with Gasteiger partial charge in [0.2, 0.25) is 0 Å². The lowest BCUT2D eigenvalue weighted by atomic mass is 10.0. The first kappa shape index (κ1) is 16.7. The summed E-state index contributed by atoms with van der Waals surface area (Å²) in [4.78, 5) is 11.6. The van der Waals surface area contributed by atoms with Gasteiger partial charge in [0.25, 0.3) is 0 Å². The average molecular weight is 277 g/mol. The van der Waals surface area contributed by atoms with Gasteiger partial charge in [0.1, 0.15) is 11.5 Å². The predicted molar refractivity (Wildman–Crippen MR) is 83.3 cm³/mol. The van der Waals surface area contributed by atoms with E-state index in [1.54, 1.807) is 6.92 Å². The van der Waals surface area contributed by atoms with Crippen LogP contribution in [0.15, 0.2) is 24.3 Å². The van der Waals surface area contributed by atoms with Crippen LogP contribution in [0.3, 0.4) is 0 Å². The van der Waals surface area contributed by atoms with E-state index >= 15 is 0 Å². The van der Waals surface area contributed by atoms with E-state index in [2.05, 4.69) is 31.3 Å². The fourth-order valence-electron chi connectivity index (χ4n) is 2.12. The second-order valence-corrected chi connectivity index (χ2v) is 5.83. The Morgan fingerprint density at radius 3 is 2.20 bits per heavy atom. The molecule has 3 heteroatoms. The molecule has 0 radical (unpaired) electrons. The summed E-state index contributed by atoms with van der Waals surface area (Å²) in [6.45, 7) is 9.81. The number of hydrogen-bond donors (Lipinski definition) is 1. The summed E-state index contributed by atoms with van der Waals surface area (Å²) in [7, 11) is 0. The molecule has 1 rings (SSSR count). The molecule has 0 bridgehead atoms. The zero-order chi connectivity index (χ0) is 15.1. The second-order valence-electron chi connectivity index (χ2n) is 5.83. The van der Waals surface area contributed by atoms with Crippen LogP contribution in [0, 0.1) is 0 Å². The van der Waals surface area contributed by atoms with Gasteiger partial charge in [-0.25, -0.2) is 0 Å². The van der Waals surface area contributed by atoms with Gasteiger partial charge in [-0.3, -0.25) is 4.79 Å². The van der Waals surface area contributed by atoms with Gasteiger partial charge in [-0.1, -0.05) is 26.0 Å². The third-order valence-electron chi connectivity index (χ3n) is 3.04. The molecule has 1 aromatic rings. The summed E-state index contributed by atoms with van der Waals surface area (Å²) in [6.07, 6.45) is 1.92. The van der Waals surface area contributed by atoms with Gasteiger partial charge in [0.15, 0.2) is 0 Å². The van der Waals surface area contributed by atoms with Crippen LogP contribution in [0.2, 0.25) is 0 Å². The molecule has 0 saturated carbocycles. The van der Waals surface area contributed by atoms with E-state index in [-0.39, 0.29) is 17.9 Å². The minimum absolute atomic E-state index is 0.0541. The van der Waals surface area contributed by atoms with Crippen LogP contribution in [0.4, 0.5) is 0 Å². The molecule has 1 atom stereocenters. The van der Waals surface area contributed by atoms with Crippen molar-refractivity contribution in [2.45, 2.75) is 65.6 Å². The van der Waals surface area contributed by atoms with E-state index in [9.17, 15) is 4.79 Å². The Labute approximate surface area is 122 Å². The SMILES string of the molecule is CC(=O)[C@H](CCc1ccc(OC(C)C)cc1)NC(C)C. The highest BCUT2D eigenvalue weighted by Gasteiger charge is 2.14. The number of nitrogens with one attached hydrogen (secondary N) is 1. The van der Waals surface area contributed by atoms with Gasteiger partial charge < -0.3 is 10.1 Å². The third-order valence-corrected chi connectivity index (χ3v) is 3.04. The molecule has 112 valence electrons. The Morgan fingerprint density at radius 2 is 1.75 bits per heavy atom. The monoisotopic (exact) mass is 277 g/mol. The lowest BCUT2D eigenvalue weighted by Gasteiger charge is -2.18. The quantitative estimate of drug-likeness (QED) is 0.792. The summed E-state index contributed by atoms with van der Waals surface area (Å²) in [5, 5.41) is 3.31. The van der Waals surface area contributed by atoms with Crippen molar-refractivity contribution in [3.8, 4) is 5.75 Å². The number of hydrogen-bond acceptors (Lipinski definition) is 3. The number of benzene rings is 1. The van der Waals surface area contributed by atoms with Gasteiger partial charge in [-0.2, -0.15) is 0 Å². The van der Waals surface area contributed by atoms with Crippen LogP contribution >= 0.6 is 0 Å². The number of carbonyl (C=O) groups excluding carboxylic acids is 1. The van der Waals surface area contributed by atoms with Gasteiger partial charge in [0, 0.05) is 6.04 Å². The second kappa shape index (κ2) is 8.05. The van der Waals surface area contributed by atoms with E-state index in [0.29, 0.717) is 6.04 Å². The molecule has 3 nitrogen and oxygen atoms in total. The number of rotatable bonds is 8. The first-order valence-corrected chi connectivity index (χ1v) is 7.40. The maximum atomic E-state index is 11.6. The molecule has 1 aromatic carbocycles. The van der Waals surface area contributed by atoms with Crippen molar-refractivity contribution in [3.05, 3.63) is 29.8 Å². The van der Waals surface area contributed by atoms with Crippen LogP contribution in [-0.2, 0) is 11.2 Å². The molecule has 0 unspecified atom stereocenters. The van der Waals surface area contributed by atoms with Crippen LogP contribution in [-0.4, -0.2) is 24.0 Å². The van der Waals surface area contributed by atoms with Crippen molar-refractivity contribution >= 4 is 5.78 Å². The first-order chi connectivity index (χ1) is 9.38. The molecule has 0 fully saturated rings. The minimum Gasteiger partial charge on any atom is -0.491 e. The number of carbonyl (C=O) groups is 1. The number of ketones is 1. The molecular weight excluding hydrogens is 250 g/mol. The Bertz CT molecular complexity index is 410. The lowest BCUT2D eigenvalue weighted by molar-refractivity contribution is -0.119. The predicted octanol–water partition coefficient (Wildman–Crippen LogP) is 3.36. The molecule has 0 aliphatic carbocycles. The van der Waals surface area contributed by atoms with Gasteiger partial charge in [-0.05, 0) is 51.3 Å². The van der Waals surface area contributed by atoms with Crippen LogP contribution in [0.25, 0.3) is 0 Å². The Hall–Kier alpha value is -1.35. The molecular formula is C17H27NO2. The highest BCUT2D eigenvalue weighted by Crippen LogP contribution is 2.15. The fourth-order valence-corrected chi connectivity index (χ4v) is 2.12. The van der Waals surface area contributed by atoms with Crippen molar-refractivity contribution in [1.82, 2.24) is 5.32 Å².